The Balaban J connectivity index is 2.02. The molecule has 1 aliphatic rings. The molecule has 2 unspecified atom stereocenters. The number of benzene rings is 1. The van der Waals surface area contributed by atoms with E-state index in [1.165, 1.54) is 6.07 Å². The number of rotatable bonds is 3. The van der Waals surface area contributed by atoms with Crippen LogP contribution < -0.4 is 11.1 Å². The minimum Gasteiger partial charge on any atom is -0.324 e. The number of halogens is 2. The number of likely N-dealkylation sites (N-methyl/N-ethyl adjacent to an activating group) is 1. The van der Waals surface area contributed by atoms with Crippen molar-refractivity contribution in [3.8, 4) is 0 Å². The van der Waals surface area contributed by atoms with Gasteiger partial charge in [0.1, 0.15) is 0 Å². The van der Waals surface area contributed by atoms with E-state index in [2.05, 4.69) is 17.3 Å². The van der Waals surface area contributed by atoms with Crippen LogP contribution in [-0.4, -0.2) is 37.6 Å². The predicted molar refractivity (Wildman–Crippen MR) is 67.2 cm³/mol. The first-order chi connectivity index (χ1) is 8.58. The number of nitrogens with zero attached hydrogens (tertiary/aromatic N) is 1. The Labute approximate surface area is 106 Å². The molecule has 5 heteroatoms. The number of hydrogen-bond donors (Lipinski definition) is 2. The van der Waals surface area contributed by atoms with Crippen molar-refractivity contribution in [3.63, 3.8) is 0 Å². The maximum atomic E-state index is 13.1. The van der Waals surface area contributed by atoms with E-state index in [1.807, 2.05) is 0 Å². The lowest BCUT2D eigenvalue weighted by Gasteiger charge is -2.34. The molecule has 3 nitrogen and oxygen atoms in total. The Morgan fingerprint density at radius 1 is 1.44 bits per heavy atom. The van der Waals surface area contributed by atoms with Crippen molar-refractivity contribution < 1.29 is 8.78 Å². The number of nitrogens with two attached hydrogens (primary N) is 1. The first-order valence-electron chi connectivity index (χ1n) is 6.19. The molecule has 18 heavy (non-hydrogen) atoms. The zero-order valence-corrected chi connectivity index (χ0v) is 10.5. The van der Waals surface area contributed by atoms with Crippen LogP contribution in [0.3, 0.4) is 0 Å². The van der Waals surface area contributed by atoms with Crippen LogP contribution in [-0.2, 0) is 0 Å². The summed E-state index contributed by atoms with van der Waals surface area (Å²) in [5.74, 6) is -1.67. The predicted octanol–water partition coefficient (Wildman–Crippen LogP) is 1.26. The monoisotopic (exact) mass is 255 g/mol. The summed E-state index contributed by atoms with van der Waals surface area (Å²) in [6.45, 7) is 2.84. The normalized spacial score (nSPS) is 23.0. The lowest BCUT2D eigenvalue weighted by atomic mass is 9.98. The van der Waals surface area contributed by atoms with Gasteiger partial charge in [-0.2, -0.15) is 0 Å². The SMILES string of the molecule is CN1CCNCC1CC(N)c1ccc(F)c(F)c1. The molecule has 1 saturated heterocycles. The first kappa shape index (κ1) is 13.4. The number of piperazine rings is 1. The van der Waals surface area contributed by atoms with Crippen LogP contribution in [0.5, 0.6) is 0 Å². The second-order valence-corrected chi connectivity index (χ2v) is 4.85. The van der Waals surface area contributed by atoms with E-state index in [0.29, 0.717) is 11.6 Å². The molecule has 0 spiro atoms. The molecule has 0 radical (unpaired) electrons. The molecule has 0 saturated carbocycles. The van der Waals surface area contributed by atoms with Gasteiger partial charge in [-0.3, -0.25) is 0 Å². The Bertz CT molecular complexity index is 411. The molecule has 3 N–H and O–H groups in total. The molecular formula is C13H19F2N3. The van der Waals surface area contributed by atoms with Crippen molar-refractivity contribution >= 4 is 0 Å². The zero-order chi connectivity index (χ0) is 13.1. The fourth-order valence-corrected chi connectivity index (χ4v) is 2.30. The van der Waals surface area contributed by atoms with Crippen LogP contribution in [0.2, 0.25) is 0 Å². The summed E-state index contributed by atoms with van der Waals surface area (Å²) in [6.07, 6.45) is 0.731. The van der Waals surface area contributed by atoms with Gasteiger partial charge >= 0.3 is 0 Å². The molecule has 1 heterocycles. The van der Waals surface area contributed by atoms with Crippen molar-refractivity contribution in [2.45, 2.75) is 18.5 Å². The van der Waals surface area contributed by atoms with Gasteiger partial charge in [0.2, 0.25) is 0 Å². The van der Waals surface area contributed by atoms with Crippen LogP contribution in [0.4, 0.5) is 8.78 Å². The smallest absolute Gasteiger partial charge is 0.159 e. The van der Waals surface area contributed by atoms with Gasteiger partial charge in [0, 0.05) is 31.7 Å². The van der Waals surface area contributed by atoms with Crippen LogP contribution in [0.1, 0.15) is 18.0 Å². The highest BCUT2D eigenvalue weighted by atomic mass is 19.2. The van der Waals surface area contributed by atoms with Crippen LogP contribution in [0, 0.1) is 11.6 Å². The summed E-state index contributed by atoms with van der Waals surface area (Å²) < 4.78 is 26.0. The van der Waals surface area contributed by atoms with Gasteiger partial charge in [0.25, 0.3) is 0 Å². The maximum Gasteiger partial charge on any atom is 0.159 e. The number of hydrogen-bond acceptors (Lipinski definition) is 3. The standard InChI is InChI=1S/C13H19F2N3/c1-18-5-4-17-8-10(18)7-13(16)9-2-3-11(14)12(15)6-9/h2-3,6,10,13,17H,4-5,7-8,16H2,1H3. The third-order valence-electron chi connectivity index (χ3n) is 3.54. The average Bonchev–Trinajstić information content (AvgIpc) is 2.35. The molecule has 0 bridgehead atoms. The highest BCUT2D eigenvalue weighted by Gasteiger charge is 2.22. The van der Waals surface area contributed by atoms with E-state index in [9.17, 15) is 8.78 Å². The molecule has 1 aromatic rings. The van der Waals surface area contributed by atoms with E-state index in [-0.39, 0.29) is 6.04 Å². The van der Waals surface area contributed by atoms with Gasteiger partial charge in [0.15, 0.2) is 11.6 Å². The van der Waals surface area contributed by atoms with Gasteiger partial charge in [-0.05, 0) is 31.2 Å². The lowest BCUT2D eigenvalue weighted by molar-refractivity contribution is 0.182. The first-order valence-corrected chi connectivity index (χ1v) is 6.19. The summed E-state index contributed by atoms with van der Waals surface area (Å²) in [5, 5.41) is 3.31. The van der Waals surface area contributed by atoms with E-state index in [1.54, 1.807) is 6.07 Å². The quantitative estimate of drug-likeness (QED) is 0.854. The second-order valence-electron chi connectivity index (χ2n) is 4.85. The number of nitrogens with one attached hydrogen (secondary N) is 1. The molecule has 0 amide bonds. The molecule has 100 valence electrons. The van der Waals surface area contributed by atoms with E-state index >= 15 is 0 Å². The minimum absolute atomic E-state index is 0.271. The molecule has 2 rings (SSSR count). The molecule has 0 aliphatic carbocycles. The summed E-state index contributed by atoms with van der Waals surface area (Å²) in [5.41, 5.74) is 6.71. The average molecular weight is 255 g/mol. The van der Waals surface area contributed by atoms with E-state index in [0.717, 1.165) is 32.1 Å². The van der Waals surface area contributed by atoms with E-state index in [4.69, 9.17) is 5.73 Å². The largest absolute Gasteiger partial charge is 0.324 e. The van der Waals surface area contributed by atoms with Crippen molar-refractivity contribution in [1.82, 2.24) is 10.2 Å². The minimum atomic E-state index is -0.835. The van der Waals surface area contributed by atoms with Crippen LogP contribution in [0.15, 0.2) is 18.2 Å². The second kappa shape index (κ2) is 5.73. The molecule has 1 aliphatic heterocycles. The molecule has 1 aromatic carbocycles. The van der Waals surface area contributed by atoms with Crippen LogP contribution in [0.25, 0.3) is 0 Å². The fraction of sp³-hybridized carbons (Fsp3) is 0.538. The Hall–Kier alpha value is -1.04. The highest BCUT2D eigenvalue weighted by molar-refractivity contribution is 5.21. The van der Waals surface area contributed by atoms with Gasteiger partial charge in [0.05, 0.1) is 0 Å². The van der Waals surface area contributed by atoms with Gasteiger partial charge in [-0.15, -0.1) is 0 Å². The Morgan fingerprint density at radius 2 is 2.22 bits per heavy atom. The summed E-state index contributed by atoms with van der Waals surface area (Å²) in [7, 11) is 2.06. The molecule has 0 aromatic heterocycles. The molecule has 2 atom stereocenters. The summed E-state index contributed by atoms with van der Waals surface area (Å²) >= 11 is 0. The summed E-state index contributed by atoms with van der Waals surface area (Å²) in [4.78, 5) is 2.25. The Morgan fingerprint density at radius 3 is 2.89 bits per heavy atom. The highest BCUT2D eigenvalue weighted by Crippen LogP contribution is 2.20. The topological polar surface area (TPSA) is 41.3 Å². The van der Waals surface area contributed by atoms with Crippen molar-refractivity contribution in [2.24, 2.45) is 5.73 Å². The van der Waals surface area contributed by atoms with Crippen molar-refractivity contribution in [1.29, 1.82) is 0 Å². The van der Waals surface area contributed by atoms with Gasteiger partial charge < -0.3 is 16.0 Å². The fourth-order valence-electron chi connectivity index (χ4n) is 2.30. The Kier molecular flexibility index (Phi) is 4.27. The van der Waals surface area contributed by atoms with Gasteiger partial charge in [-0.25, -0.2) is 8.78 Å². The third kappa shape index (κ3) is 3.04. The van der Waals surface area contributed by atoms with Crippen molar-refractivity contribution in [2.75, 3.05) is 26.7 Å². The zero-order valence-electron chi connectivity index (χ0n) is 10.5. The summed E-state index contributed by atoms with van der Waals surface area (Å²) in [6, 6.07) is 3.94. The molecular weight excluding hydrogens is 236 g/mol. The van der Waals surface area contributed by atoms with E-state index < -0.39 is 11.6 Å². The third-order valence-corrected chi connectivity index (χ3v) is 3.54. The van der Waals surface area contributed by atoms with Crippen molar-refractivity contribution in [3.05, 3.63) is 35.4 Å². The van der Waals surface area contributed by atoms with Gasteiger partial charge in [-0.1, -0.05) is 6.07 Å². The lowest BCUT2D eigenvalue weighted by Crippen LogP contribution is -2.50. The van der Waals surface area contributed by atoms with Crippen LogP contribution >= 0.6 is 0 Å². The maximum absolute atomic E-state index is 13.1. The molecule has 1 fully saturated rings.